The maximum absolute atomic E-state index is 6.01. The summed E-state index contributed by atoms with van der Waals surface area (Å²) in [6.45, 7) is 8.57. The molecule has 3 nitrogen and oxygen atoms in total. The van der Waals surface area contributed by atoms with E-state index in [1.54, 1.807) is 0 Å². The monoisotopic (exact) mass is 347 g/mol. The van der Waals surface area contributed by atoms with Crippen molar-refractivity contribution in [2.45, 2.75) is 40.5 Å². The minimum absolute atomic E-state index is 0.528. The number of benzene rings is 1. The van der Waals surface area contributed by atoms with Gasteiger partial charge in [-0.1, -0.05) is 43.2 Å². The molecule has 0 saturated heterocycles. The van der Waals surface area contributed by atoms with Crippen molar-refractivity contribution in [1.82, 2.24) is 9.97 Å². The summed E-state index contributed by atoms with van der Waals surface area (Å²) in [4.78, 5) is 9.10. The lowest BCUT2D eigenvalue weighted by Gasteiger charge is -2.11. The maximum Gasteiger partial charge on any atom is 0.141 e. The molecular formula is C17H22BrN3. The van der Waals surface area contributed by atoms with Crippen molar-refractivity contribution < 1.29 is 0 Å². The summed E-state index contributed by atoms with van der Waals surface area (Å²) in [6, 6.07) is 6.53. The van der Waals surface area contributed by atoms with Crippen LogP contribution in [-0.2, 0) is 12.8 Å². The van der Waals surface area contributed by atoms with Crippen molar-refractivity contribution in [3.8, 4) is 0 Å². The van der Waals surface area contributed by atoms with Crippen LogP contribution in [0.15, 0.2) is 22.7 Å². The predicted octanol–water partition coefficient (Wildman–Crippen LogP) is 4.23. The van der Waals surface area contributed by atoms with Gasteiger partial charge in [-0.3, -0.25) is 0 Å². The van der Waals surface area contributed by atoms with Crippen LogP contribution in [-0.4, -0.2) is 9.97 Å². The summed E-state index contributed by atoms with van der Waals surface area (Å²) in [5.41, 5.74) is 10.8. The normalized spacial score (nSPS) is 11.1. The molecule has 1 aromatic heterocycles. The first-order chi connectivity index (χ1) is 9.85. The van der Waals surface area contributed by atoms with E-state index in [1.807, 2.05) is 0 Å². The molecule has 1 aromatic carbocycles. The number of aryl methyl sites for hydroxylation is 2. The van der Waals surface area contributed by atoms with Crippen molar-refractivity contribution in [3.05, 3.63) is 50.9 Å². The highest BCUT2D eigenvalue weighted by Crippen LogP contribution is 2.24. The number of hydrogen-bond acceptors (Lipinski definition) is 3. The number of nitrogens with two attached hydrogens (primary N) is 1. The molecule has 2 N–H and O–H groups in total. The first kappa shape index (κ1) is 16.0. The first-order valence-electron chi connectivity index (χ1n) is 7.23. The van der Waals surface area contributed by atoms with Gasteiger partial charge in [-0.2, -0.15) is 0 Å². The molecule has 21 heavy (non-hydrogen) atoms. The molecule has 0 spiro atoms. The summed E-state index contributed by atoms with van der Waals surface area (Å²) in [5, 5.41) is 0. The van der Waals surface area contributed by atoms with Crippen LogP contribution in [0.1, 0.15) is 42.1 Å². The van der Waals surface area contributed by atoms with Gasteiger partial charge >= 0.3 is 0 Å². The predicted molar refractivity (Wildman–Crippen MR) is 91.4 cm³/mol. The molecule has 0 aliphatic heterocycles. The largest absolute Gasteiger partial charge is 0.383 e. The zero-order valence-electron chi connectivity index (χ0n) is 13.1. The van der Waals surface area contributed by atoms with Crippen LogP contribution in [0.4, 0.5) is 5.82 Å². The lowest BCUT2D eigenvalue weighted by molar-refractivity contribution is 0.629. The van der Waals surface area contributed by atoms with Crippen molar-refractivity contribution in [2.75, 3.05) is 5.73 Å². The number of hydrogen-bond donors (Lipinski definition) is 1. The quantitative estimate of drug-likeness (QED) is 0.900. The van der Waals surface area contributed by atoms with Gasteiger partial charge in [-0.05, 0) is 47.7 Å². The number of aromatic nitrogens is 2. The molecule has 0 fully saturated rings. The average molecular weight is 348 g/mol. The third kappa shape index (κ3) is 4.27. The van der Waals surface area contributed by atoms with Gasteiger partial charge in [0, 0.05) is 6.42 Å². The van der Waals surface area contributed by atoms with Crippen molar-refractivity contribution in [1.29, 1.82) is 0 Å². The Kier molecular flexibility index (Phi) is 4.99. The number of anilines is 1. The molecule has 0 aliphatic rings. The third-order valence-electron chi connectivity index (χ3n) is 3.24. The van der Waals surface area contributed by atoms with E-state index in [0.29, 0.717) is 18.2 Å². The van der Waals surface area contributed by atoms with Gasteiger partial charge in [-0.25, -0.2) is 9.97 Å². The zero-order valence-corrected chi connectivity index (χ0v) is 14.7. The summed E-state index contributed by atoms with van der Waals surface area (Å²) in [6.07, 6.45) is 1.61. The highest BCUT2D eigenvalue weighted by molar-refractivity contribution is 9.10. The van der Waals surface area contributed by atoms with Gasteiger partial charge in [-0.15, -0.1) is 0 Å². The van der Waals surface area contributed by atoms with Gasteiger partial charge in [0.15, 0.2) is 0 Å². The van der Waals surface area contributed by atoms with Gasteiger partial charge in [0.25, 0.3) is 0 Å². The molecule has 2 rings (SSSR count). The standard InChI is InChI=1S/C17H22BrN3/c1-10(2)5-14-16(18)17(19)21-15(20-14)9-13-7-11(3)6-12(4)8-13/h6-8,10H,5,9H2,1-4H3,(H2,19,20,21). The Morgan fingerprint density at radius 1 is 1.10 bits per heavy atom. The molecular weight excluding hydrogens is 326 g/mol. The van der Waals surface area contributed by atoms with E-state index in [-0.39, 0.29) is 0 Å². The second-order valence-electron chi connectivity index (χ2n) is 6.06. The van der Waals surface area contributed by atoms with E-state index in [1.165, 1.54) is 16.7 Å². The zero-order chi connectivity index (χ0) is 15.6. The van der Waals surface area contributed by atoms with Crippen LogP contribution >= 0.6 is 15.9 Å². The second-order valence-corrected chi connectivity index (χ2v) is 6.85. The lowest BCUT2D eigenvalue weighted by Crippen LogP contribution is -2.08. The highest BCUT2D eigenvalue weighted by Gasteiger charge is 2.12. The van der Waals surface area contributed by atoms with E-state index in [4.69, 9.17) is 5.73 Å². The fourth-order valence-corrected chi connectivity index (χ4v) is 2.86. The van der Waals surface area contributed by atoms with Crippen molar-refractivity contribution in [3.63, 3.8) is 0 Å². The molecule has 112 valence electrons. The Morgan fingerprint density at radius 3 is 2.29 bits per heavy atom. The SMILES string of the molecule is Cc1cc(C)cc(Cc2nc(N)c(Br)c(CC(C)C)n2)c1. The Balaban J connectivity index is 2.33. The van der Waals surface area contributed by atoms with Crippen LogP contribution in [0.2, 0.25) is 0 Å². The highest BCUT2D eigenvalue weighted by atomic mass is 79.9. The van der Waals surface area contributed by atoms with Crippen LogP contribution in [0.3, 0.4) is 0 Å². The Bertz CT molecular complexity index is 630. The van der Waals surface area contributed by atoms with Gasteiger partial charge in [0.1, 0.15) is 11.6 Å². The number of halogens is 1. The van der Waals surface area contributed by atoms with E-state index >= 15 is 0 Å². The van der Waals surface area contributed by atoms with Crippen LogP contribution < -0.4 is 5.73 Å². The second kappa shape index (κ2) is 6.56. The van der Waals surface area contributed by atoms with E-state index in [9.17, 15) is 0 Å². The molecule has 0 unspecified atom stereocenters. The van der Waals surface area contributed by atoms with E-state index < -0.39 is 0 Å². The number of nitrogens with zero attached hydrogens (tertiary/aromatic N) is 2. The summed E-state index contributed by atoms with van der Waals surface area (Å²) in [7, 11) is 0. The third-order valence-corrected chi connectivity index (χ3v) is 4.10. The molecule has 0 atom stereocenters. The molecule has 4 heteroatoms. The molecule has 0 saturated carbocycles. The van der Waals surface area contributed by atoms with Gasteiger partial charge in [0.2, 0.25) is 0 Å². The summed E-state index contributed by atoms with van der Waals surface area (Å²) >= 11 is 3.50. The van der Waals surface area contributed by atoms with Crippen molar-refractivity contribution >= 4 is 21.7 Å². The Labute approximate surface area is 135 Å². The molecule has 1 heterocycles. The van der Waals surface area contributed by atoms with Crippen LogP contribution in [0, 0.1) is 19.8 Å². The molecule has 0 amide bonds. The summed E-state index contributed by atoms with van der Waals surface area (Å²) in [5.74, 6) is 1.85. The molecule has 0 radical (unpaired) electrons. The van der Waals surface area contributed by atoms with E-state index in [2.05, 4.69) is 71.8 Å². The fraction of sp³-hybridized carbons (Fsp3) is 0.412. The smallest absolute Gasteiger partial charge is 0.141 e. The maximum atomic E-state index is 6.01. The van der Waals surface area contributed by atoms with Crippen LogP contribution in [0.5, 0.6) is 0 Å². The number of rotatable bonds is 4. The lowest BCUT2D eigenvalue weighted by atomic mass is 10.0. The van der Waals surface area contributed by atoms with E-state index in [0.717, 1.165) is 22.4 Å². The molecule has 0 aliphatic carbocycles. The average Bonchev–Trinajstić information content (AvgIpc) is 2.33. The topological polar surface area (TPSA) is 51.8 Å². The minimum atomic E-state index is 0.528. The van der Waals surface area contributed by atoms with Crippen LogP contribution in [0.25, 0.3) is 0 Å². The van der Waals surface area contributed by atoms with Gasteiger partial charge in [0.05, 0.1) is 10.2 Å². The Morgan fingerprint density at radius 2 is 1.71 bits per heavy atom. The molecule has 2 aromatic rings. The minimum Gasteiger partial charge on any atom is -0.383 e. The van der Waals surface area contributed by atoms with Crippen molar-refractivity contribution in [2.24, 2.45) is 5.92 Å². The molecule has 0 bridgehead atoms. The van der Waals surface area contributed by atoms with Gasteiger partial charge < -0.3 is 5.73 Å². The summed E-state index contributed by atoms with van der Waals surface area (Å²) < 4.78 is 0.834. The first-order valence-corrected chi connectivity index (χ1v) is 8.02. The number of nitrogen functional groups attached to an aromatic ring is 1. The Hall–Kier alpha value is -1.42. The fourth-order valence-electron chi connectivity index (χ4n) is 2.52.